The molecule has 17 heavy (non-hydrogen) atoms. The number of rotatable bonds is 3. The second kappa shape index (κ2) is 5.52. The lowest BCUT2D eigenvalue weighted by Gasteiger charge is -2.24. The first kappa shape index (κ1) is 12.4. The lowest BCUT2D eigenvalue weighted by atomic mass is 10.1. The Hall–Kier alpha value is -1.06. The maximum Gasteiger partial charge on any atom is 0.153 e. The summed E-state index contributed by atoms with van der Waals surface area (Å²) in [4.78, 5) is 11.0. The first-order valence-electron chi connectivity index (χ1n) is 5.70. The fraction of sp³-hybridized carbons (Fsp3) is 0.462. The molecule has 1 aliphatic rings. The van der Waals surface area contributed by atoms with E-state index in [1.807, 2.05) is 13.0 Å². The number of aryl methyl sites for hydroxylation is 1. The van der Waals surface area contributed by atoms with Gasteiger partial charge in [0.25, 0.3) is 0 Å². The van der Waals surface area contributed by atoms with Crippen LogP contribution in [-0.4, -0.2) is 25.6 Å². The Kier molecular flexibility index (Phi) is 4.02. The molecule has 0 saturated carbocycles. The largest absolute Gasteiger partial charge is 0.489 e. The van der Waals surface area contributed by atoms with Gasteiger partial charge in [-0.2, -0.15) is 0 Å². The van der Waals surface area contributed by atoms with Crippen LogP contribution in [0.4, 0.5) is 0 Å². The van der Waals surface area contributed by atoms with Gasteiger partial charge in [-0.15, -0.1) is 0 Å². The third-order valence-corrected chi connectivity index (χ3v) is 3.29. The summed E-state index contributed by atoms with van der Waals surface area (Å²) >= 11 is 5.97. The highest BCUT2D eigenvalue weighted by molar-refractivity contribution is 6.31. The number of carbonyl (C=O) groups excluding carboxylic acids is 1. The van der Waals surface area contributed by atoms with Crippen molar-refractivity contribution in [3.63, 3.8) is 0 Å². The summed E-state index contributed by atoms with van der Waals surface area (Å²) in [6, 6.07) is 3.47. The van der Waals surface area contributed by atoms with Crippen LogP contribution in [0.1, 0.15) is 28.8 Å². The number of halogens is 1. The van der Waals surface area contributed by atoms with Gasteiger partial charge in [-0.3, -0.25) is 4.79 Å². The number of ether oxygens (including phenoxy) is 2. The van der Waals surface area contributed by atoms with Crippen molar-refractivity contribution in [3.8, 4) is 5.75 Å². The minimum absolute atomic E-state index is 0.128. The van der Waals surface area contributed by atoms with E-state index >= 15 is 0 Å². The van der Waals surface area contributed by atoms with Crippen LogP contribution in [-0.2, 0) is 4.74 Å². The number of hydrogen-bond acceptors (Lipinski definition) is 3. The predicted octanol–water partition coefficient (Wildman–Crippen LogP) is 3.02. The summed E-state index contributed by atoms with van der Waals surface area (Å²) in [5.41, 5.74) is 1.42. The van der Waals surface area contributed by atoms with E-state index in [2.05, 4.69) is 0 Å². The van der Waals surface area contributed by atoms with Crippen molar-refractivity contribution in [3.05, 3.63) is 28.3 Å². The van der Waals surface area contributed by atoms with Crippen molar-refractivity contribution in [2.24, 2.45) is 0 Å². The van der Waals surface area contributed by atoms with Crippen LogP contribution in [0.25, 0.3) is 0 Å². The Balaban J connectivity index is 2.18. The maximum atomic E-state index is 11.0. The van der Waals surface area contributed by atoms with Gasteiger partial charge >= 0.3 is 0 Å². The minimum Gasteiger partial charge on any atom is -0.489 e. The van der Waals surface area contributed by atoms with E-state index in [0.717, 1.165) is 24.7 Å². The molecule has 1 heterocycles. The molecule has 0 N–H and O–H groups in total. The summed E-state index contributed by atoms with van der Waals surface area (Å²) in [5.74, 6) is 0.619. The second-order valence-corrected chi connectivity index (χ2v) is 4.59. The number of carbonyl (C=O) groups is 1. The van der Waals surface area contributed by atoms with Crippen molar-refractivity contribution < 1.29 is 14.3 Å². The zero-order valence-corrected chi connectivity index (χ0v) is 10.5. The second-order valence-electron chi connectivity index (χ2n) is 4.19. The molecule has 3 nitrogen and oxygen atoms in total. The molecular formula is C13H15ClO3. The van der Waals surface area contributed by atoms with E-state index in [1.54, 1.807) is 6.07 Å². The Morgan fingerprint density at radius 3 is 2.76 bits per heavy atom. The fourth-order valence-corrected chi connectivity index (χ4v) is 2.01. The molecule has 0 unspecified atom stereocenters. The number of benzene rings is 1. The van der Waals surface area contributed by atoms with Gasteiger partial charge in [0.2, 0.25) is 0 Å². The summed E-state index contributed by atoms with van der Waals surface area (Å²) in [6.07, 6.45) is 2.63. The Morgan fingerprint density at radius 2 is 2.12 bits per heavy atom. The molecular weight excluding hydrogens is 240 g/mol. The van der Waals surface area contributed by atoms with Gasteiger partial charge < -0.3 is 9.47 Å². The molecule has 0 atom stereocenters. The molecule has 0 amide bonds. The molecule has 0 aromatic heterocycles. The minimum atomic E-state index is 0.128. The number of aldehydes is 1. The highest BCUT2D eigenvalue weighted by Gasteiger charge is 2.17. The lowest BCUT2D eigenvalue weighted by molar-refractivity contribution is 0.0253. The normalized spacial score (nSPS) is 16.8. The van der Waals surface area contributed by atoms with E-state index in [4.69, 9.17) is 21.1 Å². The van der Waals surface area contributed by atoms with Crippen molar-refractivity contribution in [1.82, 2.24) is 0 Å². The molecule has 1 saturated heterocycles. The highest BCUT2D eigenvalue weighted by Crippen LogP contribution is 2.27. The molecule has 0 aliphatic carbocycles. The van der Waals surface area contributed by atoms with Gasteiger partial charge in [0.1, 0.15) is 11.9 Å². The Bertz CT molecular complexity index is 411. The van der Waals surface area contributed by atoms with E-state index in [9.17, 15) is 4.79 Å². The van der Waals surface area contributed by atoms with Crippen LogP contribution in [0.15, 0.2) is 12.1 Å². The van der Waals surface area contributed by atoms with Crippen LogP contribution < -0.4 is 4.74 Å². The summed E-state index contributed by atoms with van der Waals surface area (Å²) in [6.45, 7) is 3.33. The molecule has 92 valence electrons. The van der Waals surface area contributed by atoms with Gasteiger partial charge in [0, 0.05) is 17.9 Å². The van der Waals surface area contributed by atoms with E-state index in [1.165, 1.54) is 0 Å². The molecule has 0 radical (unpaired) electrons. The first-order valence-corrected chi connectivity index (χ1v) is 6.08. The van der Waals surface area contributed by atoms with Crippen LogP contribution in [0, 0.1) is 6.92 Å². The topological polar surface area (TPSA) is 35.5 Å². The SMILES string of the molecule is Cc1cc(OC2CCOCC2)c(C=O)cc1Cl. The van der Waals surface area contributed by atoms with Crippen LogP contribution in [0.2, 0.25) is 5.02 Å². The monoisotopic (exact) mass is 254 g/mol. The van der Waals surface area contributed by atoms with Crippen molar-refractivity contribution in [2.75, 3.05) is 13.2 Å². The van der Waals surface area contributed by atoms with Gasteiger partial charge in [0.05, 0.1) is 18.8 Å². The summed E-state index contributed by atoms with van der Waals surface area (Å²) in [7, 11) is 0. The molecule has 1 aromatic rings. The third-order valence-electron chi connectivity index (χ3n) is 2.88. The summed E-state index contributed by atoms with van der Waals surface area (Å²) < 4.78 is 11.1. The van der Waals surface area contributed by atoms with Crippen LogP contribution in [0.3, 0.4) is 0 Å². The highest BCUT2D eigenvalue weighted by atomic mass is 35.5. The molecule has 1 fully saturated rings. The van der Waals surface area contributed by atoms with Crippen LogP contribution >= 0.6 is 11.6 Å². The quantitative estimate of drug-likeness (QED) is 0.778. The van der Waals surface area contributed by atoms with Gasteiger partial charge in [-0.25, -0.2) is 0 Å². The molecule has 0 bridgehead atoms. The molecule has 2 rings (SSSR count). The maximum absolute atomic E-state index is 11.0. The predicted molar refractivity (Wildman–Crippen MR) is 66.0 cm³/mol. The summed E-state index contributed by atoms with van der Waals surface area (Å²) in [5, 5.41) is 0.589. The fourth-order valence-electron chi connectivity index (χ4n) is 1.84. The zero-order valence-electron chi connectivity index (χ0n) is 9.74. The zero-order chi connectivity index (χ0) is 12.3. The standard InChI is InChI=1S/C13H15ClO3/c1-9-6-13(10(8-15)7-12(9)14)17-11-2-4-16-5-3-11/h6-8,11H,2-5H2,1H3. The third kappa shape index (κ3) is 2.99. The molecule has 1 aromatic carbocycles. The van der Waals surface area contributed by atoms with E-state index in [0.29, 0.717) is 29.5 Å². The Labute approximate surface area is 106 Å². The first-order chi connectivity index (χ1) is 8.20. The van der Waals surface area contributed by atoms with E-state index in [-0.39, 0.29) is 6.10 Å². The van der Waals surface area contributed by atoms with Gasteiger partial charge in [-0.05, 0) is 24.6 Å². The average molecular weight is 255 g/mol. The van der Waals surface area contributed by atoms with Gasteiger partial charge in [-0.1, -0.05) is 11.6 Å². The smallest absolute Gasteiger partial charge is 0.153 e. The molecule has 0 spiro atoms. The van der Waals surface area contributed by atoms with Crippen LogP contribution in [0.5, 0.6) is 5.75 Å². The molecule has 4 heteroatoms. The van der Waals surface area contributed by atoms with Crippen molar-refractivity contribution in [1.29, 1.82) is 0 Å². The van der Waals surface area contributed by atoms with E-state index < -0.39 is 0 Å². The number of hydrogen-bond donors (Lipinski definition) is 0. The molecule has 1 aliphatic heterocycles. The Morgan fingerprint density at radius 1 is 1.41 bits per heavy atom. The lowest BCUT2D eigenvalue weighted by Crippen LogP contribution is -2.26. The van der Waals surface area contributed by atoms with Crippen molar-refractivity contribution in [2.45, 2.75) is 25.9 Å². The van der Waals surface area contributed by atoms with Gasteiger partial charge in [0.15, 0.2) is 6.29 Å². The average Bonchev–Trinajstić information content (AvgIpc) is 2.35. The van der Waals surface area contributed by atoms with Crippen molar-refractivity contribution >= 4 is 17.9 Å².